The van der Waals surface area contributed by atoms with Crippen molar-refractivity contribution < 1.29 is 9.90 Å². The number of fused-ring (bicyclic) bond motifs is 3. The second-order valence-corrected chi connectivity index (χ2v) is 7.32. The van der Waals surface area contributed by atoms with Crippen LogP contribution >= 0.6 is 0 Å². The molecule has 128 valence electrons. The molecule has 2 aliphatic rings. The van der Waals surface area contributed by atoms with Crippen LogP contribution in [-0.2, 0) is 11.2 Å². The normalized spacial score (nSPS) is 27.6. The largest absolute Gasteiger partial charge is 0.396 e. The van der Waals surface area contributed by atoms with Gasteiger partial charge in [-0.3, -0.25) is 4.79 Å². The summed E-state index contributed by atoms with van der Waals surface area (Å²) >= 11 is 0. The lowest BCUT2D eigenvalue weighted by Crippen LogP contribution is -2.53. The molecule has 2 aromatic rings. The van der Waals surface area contributed by atoms with Gasteiger partial charge in [-0.15, -0.1) is 0 Å². The monoisotopic (exact) mass is 327 g/mol. The summed E-state index contributed by atoms with van der Waals surface area (Å²) in [6.07, 6.45) is 6.45. The van der Waals surface area contributed by atoms with E-state index in [1.54, 1.807) is 0 Å². The van der Waals surface area contributed by atoms with Crippen LogP contribution in [0.2, 0.25) is 0 Å². The second kappa shape index (κ2) is 6.22. The van der Waals surface area contributed by atoms with Gasteiger partial charge in [0.15, 0.2) is 0 Å². The predicted molar refractivity (Wildman–Crippen MR) is 93.4 cm³/mol. The minimum Gasteiger partial charge on any atom is -0.396 e. The molecule has 1 unspecified atom stereocenters. The number of hydrogen-bond donors (Lipinski definition) is 3. The number of nitrogens with two attached hydrogens (primary N) is 1. The molecule has 4 rings (SSSR count). The van der Waals surface area contributed by atoms with Crippen molar-refractivity contribution in [3.05, 3.63) is 36.0 Å². The van der Waals surface area contributed by atoms with Crippen LogP contribution in [0.25, 0.3) is 10.9 Å². The standard InChI is InChI=1S/C19H25N3O2/c20-17(9-13-10-21-18-4-2-1-3-16(13)18)19(24)22-14-5-6-15(22)8-12(7-14)11-23/h1-4,10,12,14-15,17,21,23H,5-9,11,20H2/t12?,14-,15+,17-/m1/s1. The molecule has 0 radical (unpaired) electrons. The number of nitrogens with one attached hydrogen (secondary N) is 1. The molecule has 0 saturated carbocycles. The number of H-pyrrole nitrogens is 1. The minimum absolute atomic E-state index is 0.0733. The van der Waals surface area contributed by atoms with Gasteiger partial charge in [-0.05, 0) is 49.7 Å². The number of carbonyl (C=O) groups excluding carboxylic acids is 1. The van der Waals surface area contributed by atoms with E-state index in [0.717, 1.165) is 42.1 Å². The Balaban J connectivity index is 1.49. The first-order chi connectivity index (χ1) is 11.7. The van der Waals surface area contributed by atoms with E-state index < -0.39 is 6.04 Å². The smallest absolute Gasteiger partial charge is 0.240 e. The minimum atomic E-state index is -0.502. The fraction of sp³-hybridized carbons (Fsp3) is 0.526. The van der Waals surface area contributed by atoms with E-state index in [0.29, 0.717) is 12.3 Å². The van der Waals surface area contributed by atoms with Crippen molar-refractivity contribution in [1.82, 2.24) is 9.88 Å². The molecular formula is C19H25N3O2. The van der Waals surface area contributed by atoms with Crippen molar-refractivity contribution in [2.75, 3.05) is 6.61 Å². The van der Waals surface area contributed by atoms with E-state index >= 15 is 0 Å². The van der Waals surface area contributed by atoms with Gasteiger partial charge in [-0.25, -0.2) is 0 Å². The molecule has 2 aliphatic heterocycles. The molecule has 5 nitrogen and oxygen atoms in total. The summed E-state index contributed by atoms with van der Waals surface area (Å²) in [6.45, 7) is 0.233. The van der Waals surface area contributed by atoms with Gasteiger partial charge in [0.2, 0.25) is 5.91 Å². The zero-order valence-electron chi connectivity index (χ0n) is 13.8. The van der Waals surface area contributed by atoms with Crippen molar-refractivity contribution in [3.8, 4) is 0 Å². The Morgan fingerprint density at radius 2 is 2.00 bits per heavy atom. The van der Waals surface area contributed by atoms with Gasteiger partial charge in [-0.1, -0.05) is 18.2 Å². The van der Waals surface area contributed by atoms with Crippen LogP contribution < -0.4 is 5.73 Å². The molecule has 3 heterocycles. The number of amides is 1. The molecule has 4 N–H and O–H groups in total. The van der Waals surface area contributed by atoms with Crippen LogP contribution in [0.4, 0.5) is 0 Å². The first-order valence-corrected chi connectivity index (χ1v) is 8.91. The zero-order chi connectivity index (χ0) is 16.7. The number of aromatic nitrogens is 1. The van der Waals surface area contributed by atoms with Crippen LogP contribution in [0.5, 0.6) is 0 Å². The average Bonchev–Trinajstić information content (AvgIpc) is 3.12. The van der Waals surface area contributed by atoms with Crippen LogP contribution in [0.3, 0.4) is 0 Å². The molecule has 2 fully saturated rings. The molecule has 4 atom stereocenters. The maximum atomic E-state index is 12.9. The maximum Gasteiger partial charge on any atom is 0.240 e. The highest BCUT2D eigenvalue weighted by Gasteiger charge is 2.44. The van der Waals surface area contributed by atoms with Crippen LogP contribution in [-0.4, -0.2) is 45.6 Å². The van der Waals surface area contributed by atoms with Crippen molar-refractivity contribution in [1.29, 1.82) is 0 Å². The fourth-order valence-corrected chi connectivity index (χ4v) is 4.61. The van der Waals surface area contributed by atoms with Gasteiger partial charge in [0.05, 0.1) is 6.04 Å². The van der Waals surface area contributed by atoms with Crippen molar-refractivity contribution in [2.45, 2.75) is 50.2 Å². The number of nitrogens with zero attached hydrogens (tertiary/aromatic N) is 1. The van der Waals surface area contributed by atoms with Crippen molar-refractivity contribution in [2.24, 2.45) is 11.7 Å². The SMILES string of the molecule is N[C@H](Cc1c[nH]c2ccccc12)C(=O)N1[C@@H]2CC[C@H]1CC(CO)C2. The molecule has 0 aliphatic carbocycles. The molecule has 0 spiro atoms. The Hall–Kier alpha value is -1.85. The van der Waals surface area contributed by atoms with Crippen molar-refractivity contribution >= 4 is 16.8 Å². The maximum absolute atomic E-state index is 12.9. The molecule has 1 amide bonds. The average molecular weight is 327 g/mol. The Morgan fingerprint density at radius 3 is 2.71 bits per heavy atom. The summed E-state index contributed by atoms with van der Waals surface area (Å²) in [5.41, 5.74) is 8.48. The third kappa shape index (κ3) is 2.62. The number of piperidine rings is 1. The summed E-state index contributed by atoms with van der Waals surface area (Å²) in [4.78, 5) is 18.2. The van der Waals surface area contributed by atoms with Crippen molar-refractivity contribution in [3.63, 3.8) is 0 Å². The van der Waals surface area contributed by atoms with E-state index in [-0.39, 0.29) is 24.6 Å². The highest BCUT2D eigenvalue weighted by Crippen LogP contribution is 2.38. The molecule has 1 aromatic heterocycles. The van der Waals surface area contributed by atoms with E-state index in [9.17, 15) is 9.90 Å². The molecule has 24 heavy (non-hydrogen) atoms. The Kier molecular flexibility index (Phi) is 4.06. The highest BCUT2D eigenvalue weighted by molar-refractivity contribution is 5.86. The lowest BCUT2D eigenvalue weighted by atomic mass is 9.90. The topological polar surface area (TPSA) is 82.4 Å². The van der Waals surface area contributed by atoms with E-state index in [1.165, 1.54) is 0 Å². The van der Waals surface area contributed by atoms with Gasteiger partial charge < -0.3 is 20.7 Å². The van der Waals surface area contributed by atoms with E-state index in [1.807, 2.05) is 29.3 Å². The number of aliphatic hydroxyl groups is 1. The molecule has 5 heteroatoms. The molecule has 2 bridgehead atoms. The number of aromatic amines is 1. The quantitative estimate of drug-likeness (QED) is 0.801. The summed E-state index contributed by atoms with van der Waals surface area (Å²) in [5.74, 6) is 0.417. The summed E-state index contributed by atoms with van der Waals surface area (Å²) < 4.78 is 0. The van der Waals surface area contributed by atoms with Gasteiger partial charge in [-0.2, -0.15) is 0 Å². The first kappa shape index (κ1) is 15.7. The lowest BCUT2D eigenvalue weighted by Gasteiger charge is -2.39. The Labute approximate surface area is 141 Å². The molecular weight excluding hydrogens is 302 g/mol. The second-order valence-electron chi connectivity index (χ2n) is 7.32. The van der Waals surface area contributed by atoms with Gasteiger partial charge in [0.25, 0.3) is 0 Å². The third-order valence-electron chi connectivity index (χ3n) is 5.78. The first-order valence-electron chi connectivity index (χ1n) is 8.91. The highest BCUT2D eigenvalue weighted by atomic mass is 16.3. The van der Waals surface area contributed by atoms with Crippen LogP contribution in [0, 0.1) is 5.92 Å². The van der Waals surface area contributed by atoms with E-state index in [4.69, 9.17) is 5.73 Å². The predicted octanol–water partition coefficient (Wildman–Crippen LogP) is 1.80. The van der Waals surface area contributed by atoms with Gasteiger partial charge in [0, 0.05) is 35.8 Å². The van der Waals surface area contributed by atoms with Crippen LogP contribution in [0.1, 0.15) is 31.2 Å². The number of rotatable bonds is 4. The number of carbonyl (C=O) groups is 1. The Morgan fingerprint density at radius 1 is 1.29 bits per heavy atom. The van der Waals surface area contributed by atoms with Gasteiger partial charge >= 0.3 is 0 Å². The fourth-order valence-electron chi connectivity index (χ4n) is 4.61. The molecule has 2 saturated heterocycles. The van der Waals surface area contributed by atoms with E-state index in [2.05, 4.69) is 11.1 Å². The Bertz CT molecular complexity index is 727. The molecule has 1 aromatic carbocycles. The van der Waals surface area contributed by atoms with Crippen LogP contribution in [0.15, 0.2) is 30.5 Å². The summed E-state index contributed by atoms with van der Waals surface area (Å²) in [7, 11) is 0. The summed E-state index contributed by atoms with van der Waals surface area (Å²) in [5, 5.41) is 10.6. The number of aliphatic hydroxyl groups excluding tert-OH is 1. The summed E-state index contributed by atoms with van der Waals surface area (Å²) in [6, 6.07) is 8.13. The third-order valence-corrected chi connectivity index (χ3v) is 5.78. The van der Waals surface area contributed by atoms with Gasteiger partial charge in [0.1, 0.15) is 0 Å². The number of benzene rings is 1. The zero-order valence-corrected chi connectivity index (χ0v) is 13.8. The number of para-hydroxylation sites is 1. The lowest BCUT2D eigenvalue weighted by molar-refractivity contribution is -0.138. The number of hydrogen-bond acceptors (Lipinski definition) is 3.